The lowest BCUT2D eigenvalue weighted by molar-refractivity contribution is 0.213. The summed E-state index contributed by atoms with van der Waals surface area (Å²) < 4.78 is 13.4. The van der Waals surface area contributed by atoms with Crippen LogP contribution in [0.25, 0.3) is 0 Å². The Morgan fingerprint density at radius 1 is 1.12 bits per heavy atom. The van der Waals surface area contributed by atoms with Gasteiger partial charge in [-0.25, -0.2) is 4.39 Å². The zero-order valence-electron chi connectivity index (χ0n) is 8.76. The first-order valence-corrected chi connectivity index (χ1v) is 4.88. The number of aromatic nitrogens is 2. The fraction of sp³-hybridized carbons (Fsp3) is 0.167. The Labute approximate surface area is 92.6 Å². The maximum atomic E-state index is 13.4. The van der Waals surface area contributed by atoms with Gasteiger partial charge in [-0.2, -0.15) is 0 Å². The minimum atomic E-state index is -1.00. The van der Waals surface area contributed by atoms with Crippen molar-refractivity contribution in [3.8, 4) is 0 Å². The molecule has 0 aromatic carbocycles. The van der Waals surface area contributed by atoms with Crippen molar-refractivity contribution in [2.75, 3.05) is 0 Å². The minimum absolute atomic E-state index is 0.214. The highest BCUT2D eigenvalue weighted by molar-refractivity contribution is 5.32. The van der Waals surface area contributed by atoms with Gasteiger partial charge in [-0.05, 0) is 24.6 Å². The molecule has 3 nitrogen and oxygen atoms in total. The quantitative estimate of drug-likeness (QED) is 0.838. The highest BCUT2D eigenvalue weighted by Crippen LogP contribution is 2.25. The number of aliphatic hydroxyl groups excluding tert-OH is 1. The predicted octanol–water partition coefficient (Wildman–Crippen LogP) is 2.01. The summed E-state index contributed by atoms with van der Waals surface area (Å²) in [6, 6.07) is 3.24. The second kappa shape index (κ2) is 4.37. The van der Waals surface area contributed by atoms with Crippen molar-refractivity contribution in [3.05, 3.63) is 59.4 Å². The first-order valence-electron chi connectivity index (χ1n) is 4.88. The number of aryl methyl sites for hydroxylation is 1. The van der Waals surface area contributed by atoms with Gasteiger partial charge in [0, 0.05) is 29.7 Å². The Balaban J connectivity index is 2.44. The van der Waals surface area contributed by atoms with Gasteiger partial charge in [0.25, 0.3) is 0 Å². The largest absolute Gasteiger partial charge is 0.383 e. The van der Waals surface area contributed by atoms with Gasteiger partial charge < -0.3 is 5.11 Å². The molecule has 1 N–H and O–H groups in total. The summed E-state index contributed by atoms with van der Waals surface area (Å²) in [4.78, 5) is 7.57. The van der Waals surface area contributed by atoms with E-state index in [4.69, 9.17) is 0 Å². The van der Waals surface area contributed by atoms with Gasteiger partial charge in [-0.1, -0.05) is 0 Å². The van der Waals surface area contributed by atoms with Crippen LogP contribution < -0.4 is 0 Å². The van der Waals surface area contributed by atoms with Gasteiger partial charge in [0.2, 0.25) is 0 Å². The lowest BCUT2D eigenvalue weighted by Gasteiger charge is -2.13. The lowest BCUT2D eigenvalue weighted by Crippen LogP contribution is -2.05. The molecule has 82 valence electrons. The van der Waals surface area contributed by atoms with E-state index in [0.717, 1.165) is 11.8 Å². The summed E-state index contributed by atoms with van der Waals surface area (Å²) in [6.45, 7) is 1.85. The molecule has 0 saturated heterocycles. The molecular weight excluding hydrogens is 207 g/mol. The van der Waals surface area contributed by atoms with Crippen molar-refractivity contribution in [2.45, 2.75) is 13.0 Å². The Morgan fingerprint density at radius 3 is 2.50 bits per heavy atom. The molecule has 1 unspecified atom stereocenters. The Morgan fingerprint density at radius 2 is 1.81 bits per heavy atom. The normalized spacial score (nSPS) is 12.4. The fourth-order valence-electron chi connectivity index (χ4n) is 1.54. The molecular formula is C12H11FN2O. The van der Waals surface area contributed by atoms with Crippen LogP contribution in [-0.4, -0.2) is 15.1 Å². The number of aliphatic hydroxyl groups is 1. The Bertz CT molecular complexity index is 456. The van der Waals surface area contributed by atoms with Crippen LogP contribution in [0.4, 0.5) is 4.39 Å². The summed E-state index contributed by atoms with van der Waals surface area (Å²) in [6.07, 6.45) is 4.71. The minimum Gasteiger partial charge on any atom is -0.383 e. The van der Waals surface area contributed by atoms with Crippen molar-refractivity contribution in [1.82, 2.24) is 9.97 Å². The number of hydrogen-bond acceptors (Lipinski definition) is 3. The second-order valence-electron chi connectivity index (χ2n) is 3.53. The molecule has 0 spiro atoms. The smallest absolute Gasteiger partial charge is 0.147 e. The summed E-state index contributed by atoms with van der Waals surface area (Å²) >= 11 is 0. The van der Waals surface area contributed by atoms with E-state index < -0.39 is 11.9 Å². The van der Waals surface area contributed by atoms with Gasteiger partial charge >= 0.3 is 0 Å². The molecule has 16 heavy (non-hydrogen) atoms. The van der Waals surface area contributed by atoms with Crippen molar-refractivity contribution in [3.63, 3.8) is 0 Å². The maximum absolute atomic E-state index is 13.4. The summed E-state index contributed by atoms with van der Waals surface area (Å²) in [7, 11) is 0. The van der Waals surface area contributed by atoms with E-state index >= 15 is 0 Å². The molecule has 0 aliphatic rings. The second-order valence-corrected chi connectivity index (χ2v) is 3.53. The molecule has 2 heterocycles. The highest BCUT2D eigenvalue weighted by atomic mass is 19.1. The van der Waals surface area contributed by atoms with Crippen LogP contribution in [0.3, 0.4) is 0 Å². The number of rotatable bonds is 2. The first kappa shape index (κ1) is 10.7. The summed E-state index contributed by atoms with van der Waals surface area (Å²) in [5, 5.41) is 10.0. The third kappa shape index (κ3) is 1.92. The van der Waals surface area contributed by atoms with E-state index in [2.05, 4.69) is 9.97 Å². The zero-order valence-corrected chi connectivity index (χ0v) is 8.76. The molecule has 0 aliphatic heterocycles. The molecule has 4 heteroatoms. The molecule has 0 aliphatic carbocycles. The molecule has 2 aromatic heterocycles. The van der Waals surface area contributed by atoms with Crippen molar-refractivity contribution >= 4 is 0 Å². The SMILES string of the molecule is Cc1ccncc1C(O)c1ccncc1F. The van der Waals surface area contributed by atoms with Crippen LogP contribution in [0, 0.1) is 12.7 Å². The molecule has 0 saturated carbocycles. The lowest BCUT2D eigenvalue weighted by atomic mass is 10.0. The van der Waals surface area contributed by atoms with Crippen LogP contribution in [-0.2, 0) is 0 Å². The van der Waals surface area contributed by atoms with Crippen LogP contribution in [0.1, 0.15) is 22.8 Å². The van der Waals surface area contributed by atoms with E-state index in [1.54, 1.807) is 18.5 Å². The van der Waals surface area contributed by atoms with Gasteiger partial charge in [-0.15, -0.1) is 0 Å². The summed E-state index contributed by atoms with van der Waals surface area (Å²) in [5.74, 6) is -0.516. The highest BCUT2D eigenvalue weighted by Gasteiger charge is 2.16. The number of halogens is 1. The van der Waals surface area contributed by atoms with Crippen LogP contribution in [0.2, 0.25) is 0 Å². The fourth-order valence-corrected chi connectivity index (χ4v) is 1.54. The number of pyridine rings is 2. The van der Waals surface area contributed by atoms with Gasteiger partial charge in [-0.3, -0.25) is 9.97 Å². The number of hydrogen-bond donors (Lipinski definition) is 1. The van der Waals surface area contributed by atoms with Gasteiger partial charge in [0.1, 0.15) is 11.9 Å². The van der Waals surface area contributed by atoms with Crippen LogP contribution in [0.15, 0.2) is 36.9 Å². The van der Waals surface area contributed by atoms with E-state index in [1.165, 1.54) is 12.3 Å². The van der Waals surface area contributed by atoms with Crippen LogP contribution in [0.5, 0.6) is 0 Å². The van der Waals surface area contributed by atoms with Crippen molar-refractivity contribution < 1.29 is 9.50 Å². The van der Waals surface area contributed by atoms with E-state index in [1.807, 2.05) is 6.92 Å². The molecule has 2 aromatic rings. The predicted molar refractivity (Wildman–Crippen MR) is 57.2 cm³/mol. The Kier molecular flexibility index (Phi) is 2.92. The van der Waals surface area contributed by atoms with Crippen molar-refractivity contribution in [2.24, 2.45) is 0 Å². The van der Waals surface area contributed by atoms with Gasteiger partial charge in [0.15, 0.2) is 0 Å². The molecule has 1 atom stereocenters. The van der Waals surface area contributed by atoms with E-state index in [-0.39, 0.29) is 5.56 Å². The molecule has 0 amide bonds. The average Bonchev–Trinajstić information content (AvgIpc) is 2.29. The standard InChI is InChI=1S/C12H11FN2O/c1-8-2-4-14-6-10(8)12(16)9-3-5-15-7-11(9)13/h2-7,12,16H,1H3. The number of nitrogens with zero attached hydrogens (tertiary/aromatic N) is 2. The summed E-state index contributed by atoms with van der Waals surface area (Å²) in [5.41, 5.74) is 1.69. The van der Waals surface area contributed by atoms with Gasteiger partial charge in [0.05, 0.1) is 6.20 Å². The first-order chi connectivity index (χ1) is 7.70. The topological polar surface area (TPSA) is 46.0 Å². The average molecular weight is 218 g/mol. The molecule has 0 fully saturated rings. The zero-order chi connectivity index (χ0) is 11.5. The van der Waals surface area contributed by atoms with E-state index in [9.17, 15) is 9.50 Å². The van der Waals surface area contributed by atoms with E-state index in [0.29, 0.717) is 5.56 Å². The van der Waals surface area contributed by atoms with Crippen LogP contribution >= 0.6 is 0 Å². The molecule has 0 bridgehead atoms. The molecule has 2 rings (SSSR count). The maximum Gasteiger partial charge on any atom is 0.147 e. The monoisotopic (exact) mass is 218 g/mol. The molecule has 0 radical (unpaired) electrons. The Hall–Kier alpha value is -1.81. The van der Waals surface area contributed by atoms with Crippen molar-refractivity contribution in [1.29, 1.82) is 0 Å². The third-order valence-electron chi connectivity index (χ3n) is 2.47. The third-order valence-corrected chi connectivity index (χ3v) is 2.47.